The van der Waals surface area contributed by atoms with E-state index in [1.54, 1.807) is 19.2 Å². The first-order valence-corrected chi connectivity index (χ1v) is 10.1. The quantitative estimate of drug-likeness (QED) is 0.437. The predicted octanol–water partition coefficient (Wildman–Crippen LogP) is 5.77. The molecule has 0 aliphatic heterocycles. The van der Waals surface area contributed by atoms with Crippen molar-refractivity contribution in [3.05, 3.63) is 70.1 Å². The highest BCUT2D eigenvalue weighted by Gasteiger charge is 2.18. The van der Waals surface area contributed by atoms with Gasteiger partial charge in [0.05, 0.1) is 18.5 Å². The third-order valence-electron chi connectivity index (χ3n) is 4.63. The van der Waals surface area contributed by atoms with E-state index in [-0.39, 0.29) is 5.91 Å². The van der Waals surface area contributed by atoms with Crippen molar-refractivity contribution < 1.29 is 9.53 Å². The minimum atomic E-state index is -0.276. The molecule has 146 valence electrons. The summed E-state index contributed by atoms with van der Waals surface area (Å²) in [7, 11) is 1.63. The molecule has 0 atom stereocenters. The average Bonchev–Trinajstić information content (AvgIpc) is 3.07. The monoisotopic (exact) mass is 423 g/mol. The Labute approximate surface area is 177 Å². The molecule has 3 N–H and O–H groups in total. The predicted molar refractivity (Wildman–Crippen MR) is 120 cm³/mol. The highest BCUT2D eigenvalue weighted by Crippen LogP contribution is 2.35. The third-order valence-corrected chi connectivity index (χ3v) is 5.98. The van der Waals surface area contributed by atoms with Crippen molar-refractivity contribution in [2.75, 3.05) is 18.2 Å². The fourth-order valence-corrected chi connectivity index (χ4v) is 4.16. The molecule has 0 spiro atoms. The molecule has 0 saturated heterocycles. The molecule has 0 saturated carbocycles. The van der Waals surface area contributed by atoms with Crippen molar-refractivity contribution in [2.24, 2.45) is 0 Å². The molecule has 4 aromatic rings. The van der Waals surface area contributed by atoms with Gasteiger partial charge in [0.15, 0.2) is 0 Å². The largest absolute Gasteiger partial charge is 0.497 e. The summed E-state index contributed by atoms with van der Waals surface area (Å²) in [6.07, 6.45) is 0. The summed E-state index contributed by atoms with van der Waals surface area (Å²) >= 11 is 7.32. The Morgan fingerprint density at radius 1 is 1.14 bits per heavy atom. The van der Waals surface area contributed by atoms with E-state index >= 15 is 0 Å². The number of nitrogen functional groups attached to an aromatic ring is 1. The van der Waals surface area contributed by atoms with E-state index in [9.17, 15) is 4.79 Å². The summed E-state index contributed by atoms with van der Waals surface area (Å²) in [6.45, 7) is 1.91. The molecule has 1 amide bonds. The lowest BCUT2D eigenvalue weighted by Crippen LogP contribution is -2.12. The number of methoxy groups -OCH3 is 1. The fourth-order valence-electron chi connectivity index (χ4n) is 3.00. The van der Waals surface area contributed by atoms with Crippen LogP contribution in [0, 0.1) is 6.92 Å². The number of aromatic nitrogens is 1. The standard InChI is InChI=1S/C22H18ClN3O2S/c1-12-3-6-14(23)11-18(12)25-21(27)20-19(24)16-9-10-17(26-22(16)29-20)13-4-7-15(28-2)8-5-13/h3-11H,24H2,1-2H3,(H,25,27). The van der Waals surface area contributed by atoms with Crippen LogP contribution in [0.2, 0.25) is 5.02 Å². The maximum atomic E-state index is 12.8. The first-order valence-electron chi connectivity index (χ1n) is 8.87. The maximum absolute atomic E-state index is 12.8. The van der Waals surface area contributed by atoms with Crippen LogP contribution in [0.3, 0.4) is 0 Å². The van der Waals surface area contributed by atoms with Crippen molar-refractivity contribution in [3.63, 3.8) is 0 Å². The molecule has 4 rings (SSSR count). The summed E-state index contributed by atoms with van der Waals surface area (Å²) in [4.78, 5) is 18.7. The molecule has 0 bridgehead atoms. The van der Waals surface area contributed by atoms with E-state index < -0.39 is 0 Å². The molecule has 0 fully saturated rings. The number of rotatable bonds is 4. The molecule has 0 aliphatic rings. The van der Waals surface area contributed by atoms with Gasteiger partial charge in [0.2, 0.25) is 0 Å². The van der Waals surface area contributed by atoms with Crippen LogP contribution in [-0.2, 0) is 0 Å². The smallest absolute Gasteiger partial charge is 0.267 e. The molecule has 29 heavy (non-hydrogen) atoms. The molecule has 0 unspecified atom stereocenters. The normalized spacial score (nSPS) is 10.9. The Bertz CT molecular complexity index is 1220. The first kappa shape index (κ1) is 19.2. The number of pyridine rings is 1. The van der Waals surface area contributed by atoms with Gasteiger partial charge >= 0.3 is 0 Å². The van der Waals surface area contributed by atoms with Gasteiger partial charge < -0.3 is 15.8 Å². The van der Waals surface area contributed by atoms with Crippen LogP contribution in [0.1, 0.15) is 15.2 Å². The van der Waals surface area contributed by atoms with Gasteiger partial charge in [-0.3, -0.25) is 4.79 Å². The van der Waals surface area contributed by atoms with Crippen molar-refractivity contribution in [1.29, 1.82) is 0 Å². The van der Waals surface area contributed by atoms with E-state index in [1.165, 1.54) is 11.3 Å². The zero-order valence-corrected chi connectivity index (χ0v) is 17.4. The van der Waals surface area contributed by atoms with Gasteiger partial charge in [-0.25, -0.2) is 4.98 Å². The molecule has 2 heterocycles. The van der Waals surface area contributed by atoms with Crippen LogP contribution < -0.4 is 15.8 Å². The van der Waals surface area contributed by atoms with Crippen molar-refractivity contribution in [1.82, 2.24) is 4.98 Å². The Balaban J connectivity index is 1.67. The van der Waals surface area contributed by atoms with E-state index in [1.807, 2.05) is 49.4 Å². The van der Waals surface area contributed by atoms with Crippen molar-refractivity contribution in [3.8, 4) is 17.0 Å². The van der Waals surface area contributed by atoms with Gasteiger partial charge in [0.25, 0.3) is 5.91 Å². The maximum Gasteiger partial charge on any atom is 0.267 e. The Morgan fingerprint density at radius 3 is 2.62 bits per heavy atom. The van der Waals surface area contributed by atoms with Crippen LogP contribution >= 0.6 is 22.9 Å². The van der Waals surface area contributed by atoms with Crippen LogP contribution in [-0.4, -0.2) is 18.0 Å². The molecular weight excluding hydrogens is 406 g/mol. The number of nitrogens with two attached hydrogens (primary N) is 1. The lowest BCUT2D eigenvalue weighted by atomic mass is 10.1. The van der Waals surface area contributed by atoms with Gasteiger partial charge in [-0.2, -0.15) is 0 Å². The summed E-state index contributed by atoms with van der Waals surface area (Å²) in [5.41, 5.74) is 10.0. The van der Waals surface area contributed by atoms with E-state index in [2.05, 4.69) is 5.32 Å². The highest BCUT2D eigenvalue weighted by molar-refractivity contribution is 7.21. The van der Waals surface area contributed by atoms with Crippen molar-refractivity contribution >= 4 is 50.4 Å². The van der Waals surface area contributed by atoms with Gasteiger partial charge in [0.1, 0.15) is 15.5 Å². The van der Waals surface area contributed by atoms with E-state index in [4.69, 9.17) is 27.1 Å². The van der Waals surface area contributed by atoms with Crippen LogP contribution in [0.4, 0.5) is 11.4 Å². The lowest BCUT2D eigenvalue weighted by molar-refractivity contribution is 0.103. The average molecular weight is 424 g/mol. The second-order valence-electron chi connectivity index (χ2n) is 6.54. The number of halogens is 1. The molecule has 7 heteroatoms. The fraction of sp³-hybridized carbons (Fsp3) is 0.0909. The van der Waals surface area contributed by atoms with E-state index in [0.29, 0.717) is 26.1 Å². The summed E-state index contributed by atoms with van der Waals surface area (Å²) in [5.74, 6) is 0.507. The zero-order valence-electron chi connectivity index (χ0n) is 15.8. The van der Waals surface area contributed by atoms with Gasteiger partial charge in [-0.05, 0) is 61.0 Å². The second-order valence-corrected chi connectivity index (χ2v) is 7.97. The number of ether oxygens (including phenoxy) is 1. The highest BCUT2D eigenvalue weighted by atomic mass is 35.5. The molecule has 5 nitrogen and oxygen atoms in total. The third kappa shape index (κ3) is 3.77. The number of fused-ring (bicyclic) bond motifs is 1. The SMILES string of the molecule is COc1ccc(-c2ccc3c(N)c(C(=O)Nc4cc(Cl)ccc4C)sc3n2)cc1. The Hall–Kier alpha value is -3.09. The number of nitrogens with zero attached hydrogens (tertiary/aromatic N) is 1. The number of amides is 1. The number of hydrogen-bond acceptors (Lipinski definition) is 5. The number of benzene rings is 2. The first-order chi connectivity index (χ1) is 14.0. The lowest BCUT2D eigenvalue weighted by Gasteiger charge is -2.08. The Kier molecular flexibility index (Phi) is 5.13. The summed E-state index contributed by atoms with van der Waals surface area (Å²) < 4.78 is 5.20. The molecular formula is C22H18ClN3O2S. The number of carbonyl (C=O) groups excluding carboxylic acids is 1. The number of hydrogen-bond donors (Lipinski definition) is 2. The minimum Gasteiger partial charge on any atom is -0.497 e. The molecule has 0 aliphatic carbocycles. The van der Waals surface area contributed by atoms with Gasteiger partial charge in [-0.1, -0.05) is 17.7 Å². The molecule has 2 aromatic heterocycles. The van der Waals surface area contributed by atoms with Crippen LogP contribution in [0.5, 0.6) is 5.75 Å². The molecule has 2 aromatic carbocycles. The number of aryl methyl sites for hydroxylation is 1. The molecule has 0 radical (unpaired) electrons. The number of nitrogens with one attached hydrogen (secondary N) is 1. The topological polar surface area (TPSA) is 77.2 Å². The Morgan fingerprint density at radius 2 is 1.90 bits per heavy atom. The second kappa shape index (κ2) is 7.73. The minimum absolute atomic E-state index is 0.276. The zero-order chi connectivity index (χ0) is 20.5. The van der Waals surface area contributed by atoms with Crippen LogP contribution in [0.15, 0.2) is 54.6 Å². The van der Waals surface area contributed by atoms with Crippen molar-refractivity contribution in [2.45, 2.75) is 6.92 Å². The van der Waals surface area contributed by atoms with E-state index in [0.717, 1.165) is 28.0 Å². The summed E-state index contributed by atoms with van der Waals surface area (Å²) in [6, 6.07) is 16.8. The number of carbonyl (C=O) groups is 1. The van der Waals surface area contributed by atoms with Crippen LogP contribution in [0.25, 0.3) is 21.5 Å². The van der Waals surface area contributed by atoms with Gasteiger partial charge in [-0.15, -0.1) is 11.3 Å². The number of thiophene rings is 1. The number of anilines is 2. The summed E-state index contributed by atoms with van der Waals surface area (Å²) in [5, 5.41) is 4.21. The van der Waals surface area contributed by atoms with Gasteiger partial charge in [0, 0.05) is 21.7 Å².